The molecule has 0 bridgehead atoms. The molecule has 2 heterocycles. The Morgan fingerprint density at radius 2 is 1.79 bits per heavy atom. The highest BCUT2D eigenvalue weighted by molar-refractivity contribution is 5.79. The standard InChI is InChI=1S/C23H23N3O3/c1-25-22-12-26(11-10-19(22)21(13-27)24-25)23(28)29-14-20-17-8-4-2-6-15(17)16-7-3-5-9-18(16)20/h2-9,20,27H,10-14H2,1H3. The van der Waals surface area contributed by atoms with Crippen LogP contribution in [0.25, 0.3) is 11.1 Å². The summed E-state index contributed by atoms with van der Waals surface area (Å²) in [5, 5.41) is 13.8. The van der Waals surface area contributed by atoms with Crippen molar-refractivity contribution < 1.29 is 14.6 Å². The fraction of sp³-hybridized carbons (Fsp3) is 0.304. The quantitative estimate of drug-likeness (QED) is 0.747. The van der Waals surface area contributed by atoms with Gasteiger partial charge in [-0.25, -0.2) is 4.79 Å². The number of benzene rings is 2. The van der Waals surface area contributed by atoms with E-state index >= 15 is 0 Å². The van der Waals surface area contributed by atoms with Gasteiger partial charge in [-0.3, -0.25) is 4.68 Å². The molecule has 3 aromatic rings. The van der Waals surface area contributed by atoms with Crippen LogP contribution in [0.5, 0.6) is 0 Å². The predicted molar refractivity (Wildman–Crippen MR) is 108 cm³/mol. The number of aliphatic hydroxyl groups is 1. The van der Waals surface area contributed by atoms with Crippen molar-refractivity contribution in [3.05, 3.63) is 76.6 Å². The molecule has 2 aliphatic rings. The van der Waals surface area contributed by atoms with Gasteiger partial charge in [-0.2, -0.15) is 5.10 Å². The summed E-state index contributed by atoms with van der Waals surface area (Å²) in [6.07, 6.45) is 0.382. The second-order valence-corrected chi connectivity index (χ2v) is 7.63. The number of carbonyl (C=O) groups is 1. The normalized spacial score (nSPS) is 15.0. The van der Waals surface area contributed by atoms with E-state index in [0.29, 0.717) is 31.8 Å². The van der Waals surface area contributed by atoms with E-state index in [1.807, 2.05) is 31.3 Å². The van der Waals surface area contributed by atoms with Gasteiger partial charge < -0.3 is 14.7 Å². The van der Waals surface area contributed by atoms with Gasteiger partial charge in [0.15, 0.2) is 0 Å². The van der Waals surface area contributed by atoms with Gasteiger partial charge in [-0.1, -0.05) is 48.5 Å². The van der Waals surface area contributed by atoms with Crippen LogP contribution < -0.4 is 0 Å². The van der Waals surface area contributed by atoms with Crippen molar-refractivity contribution in [1.82, 2.24) is 14.7 Å². The molecule has 0 radical (unpaired) electrons. The summed E-state index contributed by atoms with van der Waals surface area (Å²) in [5.41, 5.74) is 7.58. The number of carbonyl (C=O) groups excluding carboxylic acids is 1. The third kappa shape index (κ3) is 2.91. The zero-order valence-corrected chi connectivity index (χ0v) is 16.3. The number of ether oxygens (including phenoxy) is 1. The van der Waals surface area contributed by atoms with E-state index in [0.717, 1.165) is 11.3 Å². The minimum atomic E-state index is -0.302. The maximum atomic E-state index is 12.8. The molecule has 0 unspecified atom stereocenters. The molecule has 0 spiro atoms. The van der Waals surface area contributed by atoms with Gasteiger partial charge >= 0.3 is 6.09 Å². The second-order valence-electron chi connectivity index (χ2n) is 7.63. The van der Waals surface area contributed by atoms with Crippen molar-refractivity contribution in [3.8, 4) is 11.1 Å². The van der Waals surface area contributed by atoms with Crippen LogP contribution in [0.1, 0.15) is 34.0 Å². The van der Waals surface area contributed by atoms with Gasteiger partial charge in [0.2, 0.25) is 0 Å². The number of hydrogen-bond donors (Lipinski definition) is 1. The lowest BCUT2D eigenvalue weighted by molar-refractivity contribution is 0.0943. The number of amides is 1. The Morgan fingerprint density at radius 1 is 1.14 bits per heavy atom. The zero-order valence-electron chi connectivity index (χ0n) is 16.3. The van der Waals surface area contributed by atoms with Gasteiger partial charge in [0, 0.05) is 25.1 Å². The lowest BCUT2D eigenvalue weighted by Crippen LogP contribution is -2.37. The van der Waals surface area contributed by atoms with E-state index in [-0.39, 0.29) is 18.6 Å². The Kier molecular flexibility index (Phi) is 4.36. The molecular weight excluding hydrogens is 366 g/mol. The molecule has 0 fully saturated rings. The SMILES string of the molecule is Cn1nc(CO)c2c1CN(C(=O)OCC1c3ccccc3-c3ccccc31)CC2. The highest BCUT2D eigenvalue weighted by atomic mass is 16.6. The maximum Gasteiger partial charge on any atom is 0.410 e. The van der Waals surface area contributed by atoms with E-state index in [9.17, 15) is 9.90 Å². The molecule has 0 saturated heterocycles. The Bertz CT molecular complexity index is 1040. The van der Waals surface area contributed by atoms with Gasteiger partial charge in [-0.15, -0.1) is 0 Å². The number of fused-ring (bicyclic) bond motifs is 4. The fourth-order valence-electron chi connectivity index (χ4n) is 4.62. The fourth-order valence-corrected chi connectivity index (χ4v) is 4.62. The minimum absolute atomic E-state index is 0.0596. The molecule has 1 aromatic heterocycles. The van der Waals surface area contributed by atoms with Gasteiger partial charge in [-0.05, 0) is 28.7 Å². The largest absolute Gasteiger partial charge is 0.448 e. The van der Waals surface area contributed by atoms with Crippen molar-refractivity contribution in [3.63, 3.8) is 0 Å². The Balaban J connectivity index is 1.32. The molecular formula is C23H23N3O3. The van der Waals surface area contributed by atoms with E-state index < -0.39 is 0 Å². The van der Waals surface area contributed by atoms with Crippen molar-refractivity contribution in [2.75, 3.05) is 13.2 Å². The summed E-state index contributed by atoms with van der Waals surface area (Å²) in [6, 6.07) is 16.7. The molecule has 6 nitrogen and oxygen atoms in total. The van der Waals surface area contributed by atoms with Crippen LogP contribution in [-0.2, 0) is 31.4 Å². The molecule has 1 amide bonds. The number of hydrogen-bond acceptors (Lipinski definition) is 4. The van der Waals surface area contributed by atoms with Gasteiger partial charge in [0.1, 0.15) is 6.61 Å². The molecule has 1 aliphatic carbocycles. The third-order valence-corrected chi connectivity index (χ3v) is 6.07. The lowest BCUT2D eigenvalue weighted by Gasteiger charge is -2.27. The average molecular weight is 389 g/mol. The predicted octanol–water partition coefficient (Wildman–Crippen LogP) is 3.22. The molecule has 6 heteroatoms. The Morgan fingerprint density at radius 3 is 2.45 bits per heavy atom. The first-order valence-corrected chi connectivity index (χ1v) is 9.91. The second kappa shape index (κ2) is 7.04. The van der Waals surface area contributed by atoms with Crippen LogP contribution in [0.2, 0.25) is 0 Å². The molecule has 0 atom stereocenters. The molecule has 2 aromatic carbocycles. The topological polar surface area (TPSA) is 67.6 Å². The van der Waals surface area contributed by atoms with Crippen molar-refractivity contribution in [1.29, 1.82) is 0 Å². The minimum Gasteiger partial charge on any atom is -0.448 e. The van der Waals surface area contributed by atoms with E-state index in [1.165, 1.54) is 22.3 Å². The first-order chi connectivity index (χ1) is 14.2. The van der Waals surface area contributed by atoms with Crippen LogP contribution in [0.3, 0.4) is 0 Å². The monoisotopic (exact) mass is 389 g/mol. The summed E-state index contributed by atoms with van der Waals surface area (Å²) in [7, 11) is 1.85. The summed E-state index contributed by atoms with van der Waals surface area (Å²) in [5.74, 6) is 0.0596. The Labute approximate surface area is 169 Å². The average Bonchev–Trinajstić information content (AvgIpc) is 3.26. The number of nitrogens with zero attached hydrogens (tertiary/aromatic N) is 3. The summed E-state index contributed by atoms with van der Waals surface area (Å²) in [4.78, 5) is 14.5. The first-order valence-electron chi connectivity index (χ1n) is 9.91. The molecule has 29 heavy (non-hydrogen) atoms. The van der Waals surface area contributed by atoms with E-state index in [2.05, 4.69) is 29.4 Å². The number of aliphatic hydroxyl groups excluding tert-OH is 1. The summed E-state index contributed by atoms with van der Waals surface area (Å²) in [6.45, 7) is 1.27. The lowest BCUT2D eigenvalue weighted by atomic mass is 9.98. The maximum absolute atomic E-state index is 12.8. The Hall–Kier alpha value is -3.12. The summed E-state index contributed by atoms with van der Waals surface area (Å²) < 4.78 is 7.53. The van der Waals surface area contributed by atoms with Crippen LogP contribution in [0.15, 0.2) is 48.5 Å². The van der Waals surface area contributed by atoms with Crippen LogP contribution in [0.4, 0.5) is 4.79 Å². The first kappa shape index (κ1) is 17.9. The number of rotatable bonds is 3. The van der Waals surface area contributed by atoms with Crippen molar-refractivity contribution in [2.24, 2.45) is 7.05 Å². The van der Waals surface area contributed by atoms with Crippen molar-refractivity contribution >= 4 is 6.09 Å². The molecule has 148 valence electrons. The molecule has 0 saturated carbocycles. The molecule has 1 aliphatic heterocycles. The van der Waals surface area contributed by atoms with Crippen LogP contribution in [-0.4, -0.2) is 39.0 Å². The zero-order chi connectivity index (χ0) is 20.0. The highest BCUT2D eigenvalue weighted by Crippen LogP contribution is 2.44. The van der Waals surface area contributed by atoms with E-state index in [4.69, 9.17) is 4.74 Å². The third-order valence-electron chi connectivity index (χ3n) is 6.07. The highest BCUT2D eigenvalue weighted by Gasteiger charge is 2.31. The molecule has 5 rings (SSSR count). The van der Waals surface area contributed by atoms with Crippen molar-refractivity contribution in [2.45, 2.75) is 25.5 Å². The smallest absolute Gasteiger partial charge is 0.410 e. The number of aromatic nitrogens is 2. The van der Waals surface area contributed by atoms with Crippen LogP contribution >= 0.6 is 0 Å². The van der Waals surface area contributed by atoms with E-state index in [1.54, 1.807) is 9.58 Å². The molecule has 1 N–H and O–H groups in total. The van der Waals surface area contributed by atoms with Gasteiger partial charge in [0.05, 0.1) is 24.5 Å². The number of aryl methyl sites for hydroxylation is 1. The van der Waals surface area contributed by atoms with Gasteiger partial charge in [0.25, 0.3) is 0 Å². The summed E-state index contributed by atoms with van der Waals surface area (Å²) >= 11 is 0. The van der Waals surface area contributed by atoms with Crippen LogP contribution in [0, 0.1) is 0 Å².